The Labute approximate surface area is 136 Å². The predicted octanol–water partition coefficient (Wildman–Crippen LogP) is 5.10. The maximum Gasteiger partial charge on any atom is 0.0924 e. The van der Waals surface area contributed by atoms with Gasteiger partial charge in [0.1, 0.15) is 0 Å². The van der Waals surface area contributed by atoms with E-state index in [9.17, 15) is 0 Å². The lowest BCUT2D eigenvalue weighted by Gasteiger charge is -2.09. The summed E-state index contributed by atoms with van der Waals surface area (Å²) in [5.41, 5.74) is 4.31. The molecule has 21 heavy (non-hydrogen) atoms. The van der Waals surface area contributed by atoms with Gasteiger partial charge < -0.3 is 10.3 Å². The molecule has 3 rings (SSSR count). The highest BCUT2D eigenvalue weighted by Crippen LogP contribution is 2.23. The van der Waals surface area contributed by atoms with Crippen LogP contribution in [0.1, 0.15) is 5.56 Å². The summed E-state index contributed by atoms with van der Waals surface area (Å²) in [6.45, 7) is 0.713. The maximum atomic E-state index is 6.02. The van der Waals surface area contributed by atoms with Crippen molar-refractivity contribution < 1.29 is 0 Å². The first kappa shape index (κ1) is 14.2. The molecule has 3 nitrogen and oxygen atoms in total. The SMILES string of the molecule is Clc1ccc(Br)c(CNc2ccc(-c3cnc[nH]3)cc2)c1. The molecule has 0 saturated carbocycles. The number of nitrogens with one attached hydrogen (secondary N) is 2. The number of anilines is 1. The molecular weight excluding hydrogens is 350 g/mol. The minimum atomic E-state index is 0.713. The second-order valence-electron chi connectivity index (χ2n) is 4.63. The highest BCUT2D eigenvalue weighted by molar-refractivity contribution is 9.10. The number of benzene rings is 2. The van der Waals surface area contributed by atoms with Crippen molar-refractivity contribution in [2.45, 2.75) is 6.54 Å². The van der Waals surface area contributed by atoms with Crippen molar-refractivity contribution in [2.24, 2.45) is 0 Å². The fourth-order valence-corrected chi connectivity index (χ4v) is 2.64. The Hall–Kier alpha value is -1.78. The Bertz CT molecular complexity index is 724. The van der Waals surface area contributed by atoms with Crippen molar-refractivity contribution in [1.29, 1.82) is 0 Å². The van der Waals surface area contributed by atoms with Crippen LogP contribution in [0.15, 0.2) is 59.5 Å². The summed E-state index contributed by atoms with van der Waals surface area (Å²) in [6.07, 6.45) is 3.49. The van der Waals surface area contributed by atoms with E-state index in [0.29, 0.717) is 6.54 Å². The van der Waals surface area contributed by atoms with E-state index < -0.39 is 0 Å². The van der Waals surface area contributed by atoms with E-state index >= 15 is 0 Å². The molecule has 0 aliphatic heterocycles. The van der Waals surface area contributed by atoms with Gasteiger partial charge in [0.05, 0.1) is 18.2 Å². The normalized spacial score (nSPS) is 10.6. The molecule has 2 aromatic carbocycles. The summed E-state index contributed by atoms with van der Waals surface area (Å²) in [5.74, 6) is 0. The largest absolute Gasteiger partial charge is 0.381 e. The Balaban J connectivity index is 1.70. The van der Waals surface area contributed by atoms with Gasteiger partial charge in [0.2, 0.25) is 0 Å². The van der Waals surface area contributed by atoms with Crippen molar-refractivity contribution in [3.05, 3.63) is 70.0 Å². The summed E-state index contributed by atoms with van der Waals surface area (Å²) in [5, 5.41) is 4.13. The minimum Gasteiger partial charge on any atom is -0.381 e. The molecule has 106 valence electrons. The topological polar surface area (TPSA) is 40.7 Å². The lowest BCUT2D eigenvalue weighted by Crippen LogP contribution is -2.00. The lowest BCUT2D eigenvalue weighted by molar-refractivity contribution is 1.14. The van der Waals surface area contributed by atoms with Gasteiger partial charge in [-0.25, -0.2) is 4.98 Å². The van der Waals surface area contributed by atoms with Gasteiger partial charge in [0.15, 0.2) is 0 Å². The summed E-state index contributed by atoms with van der Waals surface area (Å²) in [7, 11) is 0. The molecular formula is C16H13BrClN3. The number of hydrogen-bond acceptors (Lipinski definition) is 2. The molecule has 0 spiro atoms. The predicted molar refractivity (Wildman–Crippen MR) is 90.5 cm³/mol. The van der Waals surface area contributed by atoms with Gasteiger partial charge in [-0.2, -0.15) is 0 Å². The fourth-order valence-electron chi connectivity index (χ4n) is 2.06. The average molecular weight is 363 g/mol. The maximum absolute atomic E-state index is 6.02. The molecule has 0 radical (unpaired) electrons. The van der Waals surface area contributed by atoms with E-state index in [0.717, 1.165) is 32.0 Å². The number of imidazole rings is 1. The summed E-state index contributed by atoms with van der Waals surface area (Å²) in [4.78, 5) is 7.12. The molecule has 1 heterocycles. The molecule has 0 amide bonds. The second kappa shape index (κ2) is 6.33. The van der Waals surface area contributed by atoms with Crippen molar-refractivity contribution >= 4 is 33.2 Å². The number of H-pyrrole nitrogens is 1. The van der Waals surface area contributed by atoms with Gasteiger partial charge in [0, 0.05) is 21.7 Å². The Morgan fingerprint density at radius 3 is 2.67 bits per heavy atom. The third-order valence-electron chi connectivity index (χ3n) is 3.18. The van der Waals surface area contributed by atoms with Crippen LogP contribution >= 0.6 is 27.5 Å². The van der Waals surface area contributed by atoms with Crippen LogP contribution in [-0.2, 0) is 6.54 Å². The summed E-state index contributed by atoms with van der Waals surface area (Å²) < 4.78 is 1.05. The molecule has 2 N–H and O–H groups in total. The zero-order valence-corrected chi connectivity index (χ0v) is 13.4. The molecule has 0 unspecified atom stereocenters. The minimum absolute atomic E-state index is 0.713. The first-order valence-electron chi connectivity index (χ1n) is 6.49. The third kappa shape index (κ3) is 3.46. The molecule has 0 aliphatic rings. The molecule has 5 heteroatoms. The number of rotatable bonds is 4. The van der Waals surface area contributed by atoms with Crippen LogP contribution in [-0.4, -0.2) is 9.97 Å². The molecule has 3 aromatic rings. The van der Waals surface area contributed by atoms with Crippen LogP contribution in [0, 0.1) is 0 Å². The lowest BCUT2D eigenvalue weighted by atomic mass is 10.1. The molecule has 0 bridgehead atoms. The Morgan fingerprint density at radius 2 is 1.95 bits per heavy atom. The fraction of sp³-hybridized carbons (Fsp3) is 0.0625. The first-order valence-corrected chi connectivity index (χ1v) is 7.66. The number of aromatic amines is 1. The van der Waals surface area contributed by atoms with Gasteiger partial charge in [-0.3, -0.25) is 0 Å². The van der Waals surface area contributed by atoms with Gasteiger partial charge in [-0.15, -0.1) is 0 Å². The summed E-state index contributed by atoms with van der Waals surface area (Å²) in [6, 6.07) is 14.0. The van der Waals surface area contributed by atoms with Gasteiger partial charge >= 0.3 is 0 Å². The van der Waals surface area contributed by atoms with E-state index in [1.54, 1.807) is 6.33 Å². The highest BCUT2D eigenvalue weighted by Gasteiger charge is 2.02. The molecule has 0 saturated heterocycles. The van der Waals surface area contributed by atoms with Crippen LogP contribution in [0.3, 0.4) is 0 Å². The summed E-state index contributed by atoms with van der Waals surface area (Å²) >= 11 is 9.55. The van der Waals surface area contributed by atoms with Crippen LogP contribution in [0.4, 0.5) is 5.69 Å². The number of hydrogen-bond donors (Lipinski definition) is 2. The molecule has 0 fully saturated rings. The third-order valence-corrected chi connectivity index (χ3v) is 4.19. The zero-order chi connectivity index (χ0) is 14.7. The average Bonchev–Trinajstić information content (AvgIpc) is 3.03. The monoisotopic (exact) mass is 361 g/mol. The zero-order valence-electron chi connectivity index (χ0n) is 11.1. The molecule has 0 atom stereocenters. The first-order chi connectivity index (χ1) is 10.2. The Morgan fingerprint density at radius 1 is 1.14 bits per heavy atom. The second-order valence-corrected chi connectivity index (χ2v) is 5.92. The quantitative estimate of drug-likeness (QED) is 0.677. The van der Waals surface area contributed by atoms with Crippen molar-refractivity contribution in [3.63, 3.8) is 0 Å². The number of nitrogens with zero attached hydrogens (tertiary/aromatic N) is 1. The van der Waals surface area contributed by atoms with Crippen LogP contribution in [0.25, 0.3) is 11.3 Å². The molecule has 1 aromatic heterocycles. The van der Waals surface area contributed by atoms with Crippen molar-refractivity contribution in [1.82, 2.24) is 9.97 Å². The van der Waals surface area contributed by atoms with Gasteiger partial charge in [0.25, 0.3) is 0 Å². The van der Waals surface area contributed by atoms with E-state index in [1.165, 1.54) is 0 Å². The van der Waals surface area contributed by atoms with Gasteiger partial charge in [-0.1, -0.05) is 39.7 Å². The van der Waals surface area contributed by atoms with Crippen LogP contribution < -0.4 is 5.32 Å². The number of halogens is 2. The highest BCUT2D eigenvalue weighted by atomic mass is 79.9. The van der Waals surface area contributed by atoms with Crippen molar-refractivity contribution in [3.8, 4) is 11.3 Å². The van der Waals surface area contributed by atoms with E-state index in [1.807, 2.05) is 24.4 Å². The van der Waals surface area contributed by atoms with E-state index in [4.69, 9.17) is 11.6 Å². The van der Waals surface area contributed by atoms with E-state index in [2.05, 4.69) is 55.5 Å². The standard InChI is InChI=1S/C16H13BrClN3/c17-15-6-3-13(18)7-12(15)8-20-14-4-1-11(2-5-14)16-9-19-10-21-16/h1-7,9-10,20H,8H2,(H,19,21). The van der Waals surface area contributed by atoms with Crippen LogP contribution in [0.2, 0.25) is 5.02 Å². The van der Waals surface area contributed by atoms with Crippen molar-refractivity contribution in [2.75, 3.05) is 5.32 Å². The molecule has 0 aliphatic carbocycles. The van der Waals surface area contributed by atoms with E-state index in [-0.39, 0.29) is 0 Å². The van der Waals surface area contributed by atoms with Gasteiger partial charge in [-0.05, 0) is 41.5 Å². The van der Waals surface area contributed by atoms with Crippen LogP contribution in [0.5, 0.6) is 0 Å². The Kier molecular flexibility index (Phi) is 4.27. The smallest absolute Gasteiger partial charge is 0.0924 e. The number of aromatic nitrogens is 2.